The van der Waals surface area contributed by atoms with Gasteiger partial charge >= 0.3 is 0 Å². The second-order valence-corrected chi connectivity index (χ2v) is 7.99. The van der Waals surface area contributed by atoms with Gasteiger partial charge in [-0.2, -0.15) is 5.10 Å². The maximum absolute atomic E-state index is 12.4. The third-order valence-corrected chi connectivity index (χ3v) is 5.77. The molecule has 0 spiro atoms. The van der Waals surface area contributed by atoms with Crippen molar-refractivity contribution in [3.05, 3.63) is 59.9 Å². The molecule has 1 aromatic heterocycles. The quantitative estimate of drug-likeness (QED) is 0.642. The highest BCUT2D eigenvalue weighted by Gasteiger charge is 2.20. The van der Waals surface area contributed by atoms with Crippen LogP contribution in [0.15, 0.2) is 59.4 Å². The lowest BCUT2D eigenvalue weighted by Crippen LogP contribution is -2.44. The number of aromatic nitrogens is 2. The van der Waals surface area contributed by atoms with Gasteiger partial charge in [-0.15, -0.1) is 0 Å². The number of guanidine groups is 1. The van der Waals surface area contributed by atoms with Gasteiger partial charge in [-0.3, -0.25) is 14.8 Å². The van der Waals surface area contributed by atoms with E-state index in [1.165, 1.54) is 5.69 Å². The number of likely N-dealkylation sites (N-methyl/N-ethyl adjacent to an activating group) is 1. The van der Waals surface area contributed by atoms with E-state index in [1.807, 2.05) is 48.3 Å². The van der Waals surface area contributed by atoms with Crippen molar-refractivity contribution in [2.24, 2.45) is 12.0 Å². The molecule has 2 aliphatic rings. The molecular weight excluding hydrogens is 390 g/mol. The van der Waals surface area contributed by atoms with Crippen molar-refractivity contribution in [3.63, 3.8) is 0 Å². The monoisotopic (exact) mass is 415 g/mol. The molecule has 0 aliphatic carbocycles. The summed E-state index contributed by atoms with van der Waals surface area (Å²) < 4.78 is 1.82. The predicted molar refractivity (Wildman–Crippen MR) is 124 cm³/mol. The van der Waals surface area contributed by atoms with Crippen LogP contribution in [0.5, 0.6) is 0 Å². The number of hydrogen-bond donors (Lipinski definition) is 2. The molecule has 8 nitrogen and oxygen atoms in total. The van der Waals surface area contributed by atoms with Gasteiger partial charge in [0, 0.05) is 50.0 Å². The first-order valence-electron chi connectivity index (χ1n) is 10.4. The molecule has 1 saturated heterocycles. The number of rotatable bonds is 3. The number of carbonyl (C=O) groups excluding carboxylic acids is 1. The zero-order valence-electron chi connectivity index (χ0n) is 17.7. The van der Waals surface area contributed by atoms with Gasteiger partial charge in [-0.05, 0) is 55.1 Å². The summed E-state index contributed by atoms with van der Waals surface area (Å²) in [6.45, 7) is 4.22. The summed E-state index contributed by atoms with van der Waals surface area (Å²) in [7, 11) is 4.06. The molecule has 31 heavy (non-hydrogen) atoms. The molecule has 158 valence electrons. The molecule has 0 atom stereocenters. The zero-order chi connectivity index (χ0) is 21.4. The molecule has 0 saturated carbocycles. The number of fused-ring (bicyclic) bond motifs is 1. The van der Waals surface area contributed by atoms with Crippen LogP contribution in [0.4, 0.5) is 11.4 Å². The smallest absolute Gasteiger partial charge is 0.276 e. The zero-order valence-corrected chi connectivity index (χ0v) is 17.7. The minimum absolute atomic E-state index is 0.220. The number of aryl methyl sites for hydroxylation is 1. The molecule has 3 aromatic rings. The fourth-order valence-electron chi connectivity index (χ4n) is 3.91. The minimum Gasteiger partial charge on any atom is -0.369 e. The largest absolute Gasteiger partial charge is 0.369 e. The maximum Gasteiger partial charge on any atom is 0.276 e. The molecule has 0 radical (unpaired) electrons. The Hall–Kier alpha value is -3.65. The van der Waals surface area contributed by atoms with E-state index in [4.69, 9.17) is 0 Å². The lowest BCUT2D eigenvalue weighted by atomic mass is 10.1. The Balaban J connectivity index is 1.29. The van der Waals surface area contributed by atoms with Crippen LogP contribution in [0.2, 0.25) is 0 Å². The van der Waals surface area contributed by atoms with Crippen LogP contribution in [0, 0.1) is 0 Å². The third-order valence-electron chi connectivity index (χ3n) is 5.77. The topological polar surface area (TPSA) is 77.8 Å². The Kier molecular flexibility index (Phi) is 4.91. The molecule has 2 aliphatic heterocycles. The molecule has 1 fully saturated rings. The van der Waals surface area contributed by atoms with E-state index in [0.29, 0.717) is 11.7 Å². The van der Waals surface area contributed by atoms with E-state index in [9.17, 15) is 4.79 Å². The van der Waals surface area contributed by atoms with Crippen LogP contribution in [0.1, 0.15) is 5.56 Å². The molecule has 2 N–H and O–H groups in total. The van der Waals surface area contributed by atoms with E-state index in [1.54, 1.807) is 6.08 Å². The average Bonchev–Trinajstić information content (AvgIpc) is 3.31. The summed E-state index contributed by atoms with van der Waals surface area (Å²) in [5, 5.41) is 11.3. The predicted octanol–water partition coefficient (Wildman–Crippen LogP) is 2.26. The number of amides is 1. The number of aliphatic imine (C=N–C) groups is 1. The fraction of sp³-hybridized carbons (Fsp3) is 0.261. The number of hydrogen-bond acceptors (Lipinski definition) is 6. The molecule has 2 aromatic carbocycles. The number of benzene rings is 2. The standard InChI is InChI=1S/C23H25N7O/c1-28-9-11-30(12-10-28)19-6-4-18(5-7-19)25-23-26-20(22(31)27-23)14-16-3-8-21-17(13-16)15-24-29(21)2/h3-8,13-15H,9-12H2,1-2H3,(H2,25,26,27,31)/b20-14-. The van der Waals surface area contributed by atoms with Gasteiger partial charge < -0.3 is 15.1 Å². The SMILES string of the molecule is CN1CCN(c2ccc(NC3=N/C(=C\c4ccc5c(cnn5C)c4)C(=O)N3)cc2)CC1. The summed E-state index contributed by atoms with van der Waals surface area (Å²) in [5.41, 5.74) is 4.42. The molecule has 3 heterocycles. The summed E-state index contributed by atoms with van der Waals surface area (Å²) in [6.07, 6.45) is 3.60. The molecule has 5 rings (SSSR count). The van der Waals surface area contributed by atoms with Crippen molar-refractivity contribution in [2.75, 3.05) is 43.4 Å². The molecular formula is C23H25N7O. The Labute approximate surface area is 180 Å². The van der Waals surface area contributed by atoms with Crippen molar-refractivity contribution >= 4 is 40.2 Å². The average molecular weight is 416 g/mol. The molecule has 8 heteroatoms. The van der Waals surface area contributed by atoms with Crippen LogP contribution in [-0.2, 0) is 11.8 Å². The lowest BCUT2D eigenvalue weighted by Gasteiger charge is -2.34. The second kappa shape index (κ2) is 7.88. The van der Waals surface area contributed by atoms with Crippen molar-refractivity contribution in [3.8, 4) is 0 Å². The van der Waals surface area contributed by atoms with Gasteiger partial charge in [0.15, 0.2) is 0 Å². The van der Waals surface area contributed by atoms with E-state index in [-0.39, 0.29) is 5.91 Å². The summed E-state index contributed by atoms with van der Waals surface area (Å²) in [5.74, 6) is 0.217. The highest BCUT2D eigenvalue weighted by Crippen LogP contribution is 2.21. The highest BCUT2D eigenvalue weighted by molar-refractivity contribution is 6.17. The van der Waals surface area contributed by atoms with Crippen LogP contribution >= 0.6 is 0 Å². The number of nitrogens with zero attached hydrogens (tertiary/aromatic N) is 5. The van der Waals surface area contributed by atoms with Crippen LogP contribution < -0.4 is 15.5 Å². The second-order valence-electron chi connectivity index (χ2n) is 7.99. The number of carbonyl (C=O) groups is 1. The summed E-state index contributed by atoms with van der Waals surface area (Å²) in [6, 6.07) is 14.2. The number of piperazine rings is 1. The van der Waals surface area contributed by atoms with Gasteiger partial charge in [0.25, 0.3) is 5.91 Å². The Morgan fingerprint density at radius 1 is 1.03 bits per heavy atom. The fourth-order valence-corrected chi connectivity index (χ4v) is 3.91. The van der Waals surface area contributed by atoms with Crippen molar-refractivity contribution in [1.82, 2.24) is 20.0 Å². The van der Waals surface area contributed by atoms with Crippen LogP contribution in [0.25, 0.3) is 17.0 Å². The van der Waals surface area contributed by atoms with E-state index in [2.05, 4.69) is 49.7 Å². The van der Waals surface area contributed by atoms with Gasteiger partial charge in [-0.1, -0.05) is 6.07 Å². The Morgan fingerprint density at radius 3 is 2.58 bits per heavy atom. The van der Waals surface area contributed by atoms with Gasteiger partial charge in [0.2, 0.25) is 5.96 Å². The maximum atomic E-state index is 12.4. The Bertz CT molecular complexity index is 1180. The summed E-state index contributed by atoms with van der Waals surface area (Å²) in [4.78, 5) is 21.5. The summed E-state index contributed by atoms with van der Waals surface area (Å²) >= 11 is 0. The van der Waals surface area contributed by atoms with Crippen molar-refractivity contribution in [1.29, 1.82) is 0 Å². The number of anilines is 2. The Morgan fingerprint density at radius 2 is 1.81 bits per heavy atom. The van der Waals surface area contributed by atoms with Gasteiger partial charge in [0.05, 0.1) is 11.7 Å². The molecule has 1 amide bonds. The molecule has 0 unspecified atom stereocenters. The van der Waals surface area contributed by atoms with Gasteiger partial charge in [-0.25, -0.2) is 4.99 Å². The van der Waals surface area contributed by atoms with Gasteiger partial charge in [0.1, 0.15) is 5.70 Å². The van der Waals surface area contributed by atoms with Crippen LogP contribution in [0.3, 0.4) is 0 Å². The normalized spacial score (nSPS) is 18.5. The van der Waals surface area contributed by atoms with E-state index in [0.717, 1.165) is 48.3 Å². The van der Waals surface area contributed by atoms with Crippen molar-refractivity contribution < 1.29 is 4.79 Å². The minimum atomic E-state index is -0.220. The number of nitrogens with one attached hydrogen (secondary N) is 2. The van der Waals surface area contributed by atoms with E-state index < -0.39 is 0 Å². The first kappa shape index (κ1) is 19.3. The van der Waals surface area contributed by atoms with Crippen molar-refractivity contribution in [2.45, 2.75) is 0 Å². The first-order valence-corrected chi connectivity index (χ1v) is 10.4. The first-order chi connectivity index (χ1) is 15.0. The van der Waals surface area contributed by atoms with Crippen LogP contribution in [-0.4, -0.2) is 59.8 Å². The lowest BCUT2D eigenvalue weighted by molar-refractivity contribution is -0.115. The van der Waals surface area contributed by atoms with E-state index >= 15 is 0 Å². The highest BCUT2D eigenvalue weighted by atomic mass is 16.2. The third kappa shape index (κ3) is 4.02. The molecule has 0 bridgehead atoms.